The number of fused-ring (bicyclic) bond motifs is 6. The molecule has 49 heavy (non-hydrogen) atoms. The van der Waals surface area contributed by atoms with Gasteiger partial charge in [0.2, 0.25) is 0 Å². The zero-order valence-electron chi connectivity index (χ0n) is 27.1. The lowest BCUT2D eigenvalue weighted by atomic mass is 9.66. The molecule has 1 unspecified atom stereocenters. The lowest BCUT2D eigenvalue weighted by Crippen LogP contribution is -2.29. The first-order valence-corrected chi connectivity index (χ1v) is 17.2. The van der Waals surface area contributed by atoms with Crippen molar-refractivity contribution in [3.8, 4) is 5.69 Å². The first-order valence-electron chi connectivity index (χ1n) is 17.2. The Morgan fingerprint density at radius 3 is 2.22 bits per heavy atom. The minimum Gasteiger partial charge on any atom is -0.355 e. The lowest BCUT2D eigenvalue weighted by Gasteiger charge is -2.35. The SMILES string of the molecule is C1=CC2=C(CC1)c1ccccc1C2(c1ccccc1)c1cccc(Nc2ccc3c(c2)c2ccccc2n3-c2ccc3ccccc3c2)c1. The molecular formula is C47H34N2. The van der Waals surface area contributed by atoms with Crippen molar-refractivity contribution in [3.63, 3.8) is 0 Å². The van der Waals surface area contributed by atoms with Gasteiger partial charge in [-0.2, -0.15) is 0 Å². The quantitative estimate of drug-likeness (QED) is 0.201. The van der Waals surface area contributed by atoms with Gasteiger partial charge in [0, 0.05) is 27.8 Å². The molecule has 0 aliphatic heterocycles. The van der Waals surface area contributed by atoms with Crippen LogP contribution in [0.25, 0.3) is 43.8 Å². The van der Waals surface area contributed by atoms with E-state index in [0.29, 0.717) is 0 Å². The second-order valence-electron chi connectivity index (χ2n) is 13.3. The fourth-order valence-corrected chi connectivity index (χ4v) is 8.63. The molecule has 0 spiro atoms. The number of nitrogens with one attached hydrogen (secondary N) is 1. The van der Waals surface area contributed by atoms with Gasteiger partial charge in [-0.05, 0) is 106 Å². The topological polar surface area (TPSA) is 17.0 Å². The van der Waals surface area contributed by atoms with Gasteiger partial charge in [0.1, 0.15) is 0 Å². The van der Waals surface area contributed by atoms with E-state index < -0.39 is 0 Å². The molecular weight excluding hydrogens is 593 g/mol. The van der Waals surface area contributed by atoms with Crippen molar-refractivity contribution in [1.82, 2.24) is 4.57 Å². The predicted molar refractivity (Wildman–Crippen MR) is 206 cm³/mol. The van der Waals surface area contributed by atoms with Crippen LogP contribution in [-0.2, 0) is 5.41 Å². The van der Waals surface area contributed by atoms with Crippen LogP contribution in [0.1, 0.15) is 35.1 Å². The number of nitrogens with zero attached hydrogens (tertiary/aromatic N) is 1. The summed E-state index contributed by atoms with van der Waals surface area (Å²) in [5, 5.41) is 8.80. The zero-order chi connectivity index (χ0) is 32.4. The van der Waals surface area contributed by atoms with E-state index in [1.165, 1.54) is 71.7 Å². The molecule has 0 saturated carbocycles. The number of hydrogen-bond donors (Lipinski definition) is 1. The summed E-state index contributed by atoms with van der Waals surface area (Å²) < 4.78 is 2.39. The molecule has 0 amide bonds. The largest absolute Gasteiger partial charge is 0.355 e. The molecule has 8 aromatic rings. The molecule has 0 bridgehead atoms. The highest BCUT2D eigenvalue weighted by atomic mass is 15.0. The fraction of sp³-hybridized carbons (Fsp3) is 0.0638. The summed E-state index contributed by atoms with van der Waals surface area (Å²) in [4.78, 5) is 0. The van der Waals surface area contributed by atoms with E-state index in [-0.39, 0.29) is 5.41 Å². The number of anilines is 2. The summed E-state index contributed by atoms with van der Waals surface area (Å²) in [7, 11) is 0. The molecule has 0 fully saturated rings. The third-order valence-corrected chi connectivity index (χ3v) is 10.7. The predicted octanol–water partition coefficient (Wildman–Crippen LogP) is 12.1. The Morgan fingerprint density at radius 1 is 0.531 bits per heavy atom. The van der Waals surface area contributed by atoms with Gasteiger partial charge >= 0.3 is 0 Å². The van der Waals surface area contributed by atoms with Crippen LogP contribution in [0.2, 0.25) is 0 Å². The van der Waals surface area contributed by atoms with E-state index in [4.69, 9.17) is 0 Å². The zero-order valence-corrected chi connectivity index (χ0v) is 27.1. The Hall–Kier alpha value is -6.12. The maximum Gasteiger partial charge on any atom is 0.0710 e. The lowest BCUT2D eigenvalue weighted by molar-refractivity contribution is 0.757. The first kappa shape index (κ1) is 27.9. The van der Waals surface area contributed by atoms with Crippen molar-refractivity contribution in [2.45, 2.75) is 18.3 Å². The molecule has 2 aliphatic rings. The number of allylic oxidation sites excluding steroid dienone is 4. The van der Waals surface area contributed by atoms with E-state index in [9.17, 15) is 0 Å². The molecule has 2 heteroatoms. The van der Waals surface area contributed by atoms with Gasteiger partial charge in [0.25, 0.3) is 0 Å². The molecule has 7 aromatic carbocycles. The maximum atomic E-state index is 3.82. The summed E-state index contributed by atoms with van der Waals surface area (Å²) in [6.07, 6.45) is 6.90. The van der Waals surface area contributed by atoms with E-state index in [1.54, 1.807) is 0 Å². The summed E-state index contributed by atoms with van der Waals surface area (Å²) in [5.41, 5.74) is 13.6. The average molecular weight is 627 g/mol. The van der Waals surface area contributed by atoms with Crippen LogP contribution in [0, 0.1) is 0 Å². The number of para-hydroxylation sites is 1. The van der Waals surface area contributed by atoms with E-state index in [1.807, 2.05) is 0 Å². The maximum absolute atomic E-state index is 3.82. The Bertz CT molecular complexity index is 2640. The first-order chi connectivity index (χ1) is 24.3. The molecule has 2 nitrogen and oxygen atoms in total. The van der Waals surface area contributed by atoms with Crippen LogP contribution in [-0.4, -0.2) is 4.57 Å². The highest BCUT2D eigenvalue weighted by Gasteiger charge is 2.47. The normalized spacial score (nSPS) is 16.7. The second-order valence-corrected chi connectivity index (χ2v) is 13.3. The molecule has 0 saturated heterocycles. The highest BCUT2D eigenvalue weighted by molar-refractivity contribution is 6.10. The Kier molecular flexibility index (Phi) is 6.25. The molecule has 1 aromatic heterocycles. The molecule has 1 atom stereocenters. The summed E-state index contributed by atoms with van der Waals surface area (Å²) in [5.74, 6) is 0. The summed E-state index contributed by atoms with van der Waals surface area (Å²) in [6.45, 7) is 0. The van der Waals surface area contributed by atoms with Crippen LogP contribution in [0.15, 0.2) is 182 Å². The third kappa shape index (κ3) is 4.20. The number of rotatable bonds is 5. The van der Waals surface area contributed by atoms with Crippen molar-refractivity contribution in [3.05, 3.63) is 204 Å². The van der Waals surface area contributed by atoms with Gasteiger partial charge in [-0.25, -0.2) is 0 Å². The monoisotopic (exact) mass is 626 g/mol. The average Bonchev–Trinajstić information content (AvgIpc) is 3.66. The molecule has 0 radical (unpaired) electrons. The Balaban J connectivity index is 1.10. The van der Waals surface area contributed by atoms with Gasteiger partial charge in [-0.1, -0.05) is 127 Å². The molecule has 1 heterocycles. The molecule has 232 valence electrons. The smallest absolute Gasteiger partial charge is 0.0710 e. The third-order valence-electron chi connectivity index (χ3n) is 10.7. The number of hydrogen-bond acceptors (Lipinski definition) is 1. The van der Waals surface area contributed by atoms with Gasteiger partial charge < -0.3 is 9.88 Å². The summed E-state index contributed by atoms with van der Waals surface area (Å²) in [6, 6.07) is 60.1. The van der Waals surface area contributed by atoms with E-state index in [2.05, 4.69) is 186 Å². The Morgan fingerprint density at radius 2 is 1.29 bits per heavy atom. The van der Waals surface area contributed by atoms with Gasteiger partial charge in [-0.3, -0.25) is 0 Å². The van der Waals surface area contributed by atoms with Crippen LogP contribution >= 0.6 is 0 Å². The standard InChI is InChI=1S/C47H34N2/c1-2-15-34(16-3-1)47(43-22-9-6-19-39(43)40-20-7-10-23-44(40)47)35-17-12-18-36(30-35)48-37-26-28-46-42(31-37)41-21-8-11-24-45(41)49(46)38-27-25-32-13-4-5-14-33(32)29-38/h1-6,8-19,21-31,48H,7,20H2. The van der Waals surface area contributed by atoms with Gasteiger partial charge in [-0.15, -0.1) is 0 Å². The minimum atomic E-state index is -0.376. The summed E-state index contributed by atoms with van der Waals surface area (Å²) >= 11 is 0. The van der Waals surface area contributed by atoms with Crippen LogP contribution in [0.3, 0.4) is 0 Å². The molecule has 1 N–H and O–H groups in total. The highest BCUT2D eigenvalue weighted by Crippen LogP contribution is 2.57. The van der Waals surface area contributed by atoms with Gasteiger partial charge in [0.05, 0.1) is 16.4 Å². The number of benzene rings is 7. The molecule has 2 aliphatic carbocycles. The van der Waals surface area contributed by atoms with Crippen molar-refractivity contribution < 1.29 is 0 Å². The fourth-order valence-electron chi connectivity index (χ4n) is 8.63. The van der Waals surface area contributed by atoms with E-state index in [0.717, 1.165) is 24.2 Å². The van der Waals surface area contributed by atoms with Crippen molar-refractivity contribution in [1.29, 1.82) is 0 Å². The van der Waals surface area contributed by atoms with Crippen molar-refractivity contribution >= 4 is 49.5 Å². The van der Waals surface area contributed by atoms with Crippen LogP contribution in [0.4, 0.5) is 11.4 Å². The van der Waals surface area contributed by atoms with Crippen molar-refractivity contribution in [2.24, 2.45) is 0 Å². The van der Waals surface area contributed by atoms with Crippen LogP contribution in [0.5, 0.6) is 0 Å². The van der Waals surface area contributed by atoms with Crippen LogP contribution < -0.4 is 5.32 Å². The van der Waals surface area contributed by atoms with Crippen molar-refractivity contribution in [2.75, 3.05) is 5.32 Å². The minimum absolute atomic E-state index is 0.376. The molecule has 10 rings (SSSR count). The van der Waals surface area contributed by atoms with Gasteiger partial charge in [0.15, 0.2) is 0 Å². The van der Waals surface area contributed by atoms with E-state index >= 15 is 0 Å². The number of aromatic nitrogens is 1. The second kappa shape index (κ2) is 11.0. The Labute approximate surface area is 286 Å².